The Labute approximate surface area is 166 Å². The van der Waals surface area contributed by atoms with Gasteiger partial charge in [0.15, 0.2) is 0 Å². The Morgan fingerprint density at radius 3 is 2.36 bits per heavy atom. The molecule has 0 amide bonds. The second-order valence-corrected chi connectivity index (χ2v) is 6.50. The zero-order valence-corrected chi connectivity index (χ0v) is 16.0. The van der Waals surface area contributed by atoms with Crippen molar-refractivity contribution < 1.29 is 5.11 Å². The molecule has 0 atom stereocenters. The Kier molecular flexibility index (Phi) is 7.14. The van der Waals surface area contributed by atoms with Crippen LogP contribution in [0.3, 0.4) is 0 Å². The number of rotatable bonds is 6. The SMILES string of the molecule is Cc1ccc(-c2ccc(C#Cc3ccc(/C=C/CNCCO)cc3)nc2)cc1. The average Bonchev–Trinajstić information content (AvgIpc) is 2.74. The van der Waals surface area contributed by atoms with Crippen molar-refractivity contribution in [2.24, 2.45) is 0 Å². The van der Waals surface area contributed by atoms with Crippen molar-refractivity contribution in [1.82, 2.24) is 10.3 Å². The average molecular weight is 368 g/mol. The summed E-state index contributed by atoms with van der Waals surface area (Å²) in [5, 5.41) is 11.8. The van der Waals surface area contributed by atoms with E-state index in [0.717, 1.165) is 34.5 Å². The van der Waals surface area contributed by atoms with Crippen LogP contribution in [0.2, 0.25) is 0 Å². The molecule has 0 aliphatic carbocycles. The molecule has 2 N–H and O–H groups in total. The molecule has 3 nitrogen and oxygen atoms in total. The molecule has 0 unspecified atom stereocenters. The number of aromatic nitrogens is 1. The van der Waals surface area contributed by atoms with Gasteiger partial charge in [-0.25, -0.2) is 4.98 Å². The first kappa shape index (κ1) is 19.6. The zero-order valence-electron chi connectivity index (χ0n) is 16.0. The number of nitrogens with zero attached hydrogens (tertiary/aromatic N) is 1. The summed E-state index contributed by atoms with van der Waals surface area (Å²) in [4.78, 5) is 4.47. The monoisotopic (exact) mass is 368 g/mol. The van der Waals surface area contributed by atoms with Crippen LogP contribution in [0.25, 0.3) is 17.2 Å². The van der Waals surface area contributed by atoms with Crippen LogP contribution in [0, 0.1) is 18.8 Å². The lowest BCUT2D eigenvalue weighted by molar-refractivity contribution is 0.294. The van der Waals surface area contributed by atoms with Gasteiger partial charge in [0.05, 0.1) is 6.61 Å². The molecular weight excluding hydrogens is 344 g/mol. The van der Waals surface area contributed by atoms with Crippen molar-refractivity contribution in [2.45, 2.75) is 6.92 Å². The summed E-state index contributed by atoms with van der Waals surface area (Å²) in [6, 6.07) is 20.5. The van der Waals surface area contributed by atoms with Gasteiger partial charge in [0.1, 0.15) is 5.69 Å². The maximum Gasteiger partial charge on any atom is 0.113 e. The number of aliphatic hydroxyl groups is 1. The van der Waals surface area contributed by atoms with Crippen molar-refractivity contribution in [3.8, 4) is 23.0 Å². The van der Waals surface area contributed by atoms with Crippen molar-refractivity contribution in [3.05, 3.63) is 95.3 Å². The molecule has 0 aliphatic heterocycles. The number of aryl methyl sites for hydroxylation is 1. The lowest BCUT2D eigenvalue weighted by atomic mass is 10.1. The van der Waals surface area contributed by atoms with Gasteiger partial charge in [-0.1, -0.05) is 66.1 Å². The van der Waals surface area contributed by atoms with Gasteiger partial charge in [0, 0.05) is 30.4 Å². The van der Waals surface area contributed by atoms with Gasteiger partial charge in [-0.2, -0.15) is 0 Å². The first-order valence-electron chi connectivity index (χ1n) is 9.38. The van der Waals surface area contributed by atoms with E-state index in [1.165, 1.54) is 5.56 Å². The number of pyridine rings is 1. The second-order valence-electron chi connectivity index (χ2n) is 6.50. The normalized spacial score (nSPS) is 10.6. The first-order valence-corrected chi connectivity index (χ1v) is 9.38. The van der Waals surface area contributed by atoms with Crippen LogP contribution in [-0.4, -0.2) is 29.8 Å². The van der Waals surface area contributed by atoms with Crippen LogP contribution in [0.4, 0.5) is 0 Å². The maximum absolute atomic E-state index is 8.72. The molecule has 1 heterocycles. The summed E-state index contributed by atoms with van der Waals surface area (Å²) in [6.07, 6.45) is 5.95. The van der Waals surface area contributed by atoms with Crippen molar-refractivity contribution >= 4 is 6.08 Å². The molecule has 2 aromatic carbocycles. The minimum Gasteiger partial charge on any atom is -0.395 e. The van der Waals surface area contributed by atoms with Gasteiger partial charge in [-0.15, -0.1) is 0 Å². The van der Waals surface area contributed by atoms with E-state index in [9.17, 15) is 0 Å². The van der Waals surface area contributed by atoms with Crippen molar-refractivity contribution in [2.75, 3.05) is 19.7 Å². The molecule has 0 spiro atoms. The first-order chi connectivity index (χ1) is 13.7. The predicted molar refractivity (Wildman–Crippen MR) is 116 cm³/mol. The molecule has 0 radical (unpaired) electrons. The number of hydrogen-bond acceptors (Lipinski definition) is 3. The summed E-state index contributed by atoms with van der Waals surface area (Å²) >= 11 is 0. The van der Waals surface area contributed by atoms with E-state index in [1.807, 2.05) is 48.7 Å². The van der Waals surface area contributed by atoms with Crippen molar-refractivity contribution in [1.29, 1.82) is 0 Å². The van der Waals surface area contributed by atoms with Gasteiger partial charge in [-0.3, -0.25) is 0 Å². The molecule has 28 heavy (non-hydrogen) atoms. The highest BCUT2D eigenvalue weighted by molar-refractivity contribution is 5.63. The molecule has 0 saturated carbocycles. The highest BCUT2D eigenvalue weighted by atomic mass is 16.3. The van der Waals surface area contributed by atoms with Gasteiger partial charge in [0.2, 0.25) is 0 Å². The zero-order chi connectivity index (χ0) is 19.6. The van der Waals surface area contributed by atoms with Crippen molar-refractivity contribution in [3.63, 3.8) is 0 Å². The summed E-state index contributed by atoms with van der Waals surface area (Å²) in [5.74, 6) is 6.28. The molecular formula is C25H24N2O. The van der Waals surface area contributed by atoms with E-state index in [1.54, 1.807) is 0 Å². The van der Waals surface area contributed by atoms with E-state index in [4.69, 9.17) is 5.11 Å². The second kappa shape index (κ2) is 10.2. The van der Waals surface area contributed by atoms with E-state index in [-0.39, 0.29) is 6.61 Å². The Morgan fingerprint density at radius 1 is 0.929 bits per heavy atom. The lowest BCUT2D eigenvalue weighted by Crippen LogP contribution is -2.17. The molecule has 1 aromatic heterocycles. The fraction of sp³-hybridized carbons (Fsp3) is 0.160. The Bertz CT molecular complexity index is 960. The number of nitrogens with one attached hydrogen (secondary N) is 1. The van der Waals surface area contributed by atoms with E-state index in [0.29, 0.717) is 6.54 Å². The van der Waals surface area contributed by atoms with Gasteiger partial charge < -0.3 is 10.4 Å². The van der Waals surface area contributed by atoms with Gasteiger partial charge >= 0.3 is 0 Å². The highest BCUT2D eigenvalue weighted by Crippen LogP contribution is 2.18. The van der Waals surface area contributed by atoms with Crippen LogP contribution in [0.15, 0.2) is 72.9 Å². The quantitative estimate of drug-likeness (QED) is 0.510. The van der Waals surface area contributed by atoms with E-state index >= 15 is 0 Å². The highest BCUT2D eigenvalue weighted by Gasteiger charge is 1.98. The fourth-order valence-corrected chi connectivity index (χ4v) is 2.66. The number of benzene rings is 2. The van der Waals surface area contributed by atoms with Crippen LogP contribution in [0.1, 0.15) is 22.4 Å². The summed E-state index contributed by atoms with van der Waals surface area (Å²) in [6.45, 7) is 3.59. The maximum atomic E-state index is 8.72. The van der Waals surface area contributed by atoms with Crippen LogP contribution < -0.4 is 5.32 Å². The summed E-state index contributed by atoms with van der Waals surface area (Å²) in [5.41, 5.74) is 6.34. The molecule has 3 rings (SSSR count). The standard InChI is InChI=1S/C25H24N2O/c1-20-4-11-23(12-5-20)24-13-15-25(27-19-24)14-10-22-8-6-21(7-9-22)3-2-16-26-17-18-28/h2-9,11-13,15,19,26,28H,16-18H2,1H3/b3-2+. The predicted octanol–water partition coefficient (Wildman–Crippen LogP) is 4.05. The van der Waals surface area contributed by atoms with Crippen LogP contribution in [0.5, 0.6) is 0 Å². The van der Waals surface area contributed by atoms with Crippen LogP contribution in [-0.2, 0) is 0 Å². The smallest absolute Gasteiger partial charge is 0.113 e. The molecule has 3 aromatic rings. The van der Waals surface area contributed by atoms with E-state index in [2.05, 4.69) is 59.4 Å². The Balaban J connectivity index is 1.61. The molecule has 0 saturated heterocycles. The van der Waals surface area contributed by atoms with E-state index < -0.39 is 0 Å². The lowest BCUT2D eigenvalue weighted by Gasteiger charge is -2.01. The summed E-state index contributed by atoms with van der Waals surface area (Å²) < 4.78 is 0. The van der Waals surface area contributed by atoms with Gasteiger partial charge in [0.25, 0.3) is 0 Å². The topological polar surface area (TPSA) is 45.1 Å². The third kappa shape index (κ3) is 5.92. The van der Waals surface area contributed by atoms with Gasteiger partial charge in [-0.05, 0) is 42.2 Å². The molecule has 140 valence electrons. The summed E-state index contributed by atoms with van der Waals surface area (Å²) in [7, 11) is 0. The third-order valence-electron chi connectivity index (χ3n) is 4.26. The molecule has 3 heteroatoms. The largest absolute Gasteiger partial charge is 0.395 e. The number of aliphatic hydroxyl groups excluding tert-OH is 1. The minimum absolute atomic E-state index is 0.157. The minimum atomic E-state index is 0.157. The molecule has 0 fully saturated rings. The molecule has 0 aliphatic rings. The third-order valence-corrected chi connectivity index (χ3v) is 4.26. The Morgan fingerprint density at radius 2 is 1.68 bits per heavy atom. The molecule has 0 bridgehead atoms. The Hall–Kier alpha value is -3.19. The fourth-order valence-electron chi connectivity index (χ4n) is 2.66. The number of hydrogen-bond donors (Lipinski definition) is 2. The van der Waals surface area contributed by atoms with Crippen LogP contribution >= 0.6 is 0 Å².